The zero-order valence-corrected chi connectivity index (χ0v) is 10.4. The van der Waals surface area contributed by atoms with Crippen LogP contribution in [0.5, 0.6) is 0 Å². The van der Waals surface area contributed by atoms with Gasteiger partial charge < -0.3 is 5.32 Å². The third kappa shape index (κ3) is 5.28. The van der Waals surface area contributed by atoms with Crippen molar-refractivity contribution >= 4 is 0 Å². The largest absolute Gasteiger partial charge is 0.376 e. The highest BCUT2D eigenvalue weighted by Crippen LogP contribution is 2.01. The molecule has 1 atom stereocenters. The van der Waals surface area contributed by atoms with Crippen molar-refractivity contribution in [3.8, 4) is 0 Å². The van der Waals surface area contributed by atoms with E-state index in [1.807, 2.05) is 0 Å². The maximum absolute atomic E-state index is 3.47. The predicted octanol–water partition coefficient (Wildman–Crippen LogP) is 2.97. The molecule has 0 radical (unpaired) electrons. The molecule has 0 aliphatic heterocycles. The molecule has 0 aliphatic rings. The Balaban J connectivity index is 4.01. The third-order valence-electron chi connectivity index (χ3n) is 2.57. The van der Waals surface area contributed by atoms with Gasteiger partial charge in [0.25, 0.3) is 0 Å². The number of allylic oxidation sites excluding steroid dienone is 1. The van der Waals surface area contributed by atoms with Crippen molar-refractivity contribution in [1.29, 1.82) is 0 Å². The second-order valence-corrected chi connectivity index (χ2v) is 3.92. The molecule has 0 rings (SSSR count). The summed E-state index contributed by atoms with van der Waals surface area (Å²) in [5, 5.41) is 3.47. The summed E-state index contributed by atoms with van der Waals surface area (Å²) in [6.07, 6.45) is 6.12. The van der Waals surface area contributed by atoms with Crippen LogP contribution >= 0.6 is 0 Å². The molecule has 0 heterocycles. The summed E-state index contributed by atoms with van der Waals surface area (Å²) in [5.74, 6) is 0. The highest BCUT2D eigenvalue weighted by molar-refractivity contribution is 4.95. The van der Waals surface area contributed by atoms with Gasteiger partial charge in [0.1, 0.15) is 0 Å². The van der Waals surface area contributed by atoms with Gasteiger partial charge in [-0.25, -0.2) is 0 Å². The molecule has 0 saturated heterocycles. The molecule has 0 aliphatic carbocycles. The highest BCUT2D eigenvalue weighted by atomic mass is 15.2. The van der Waals surface area contributed by atoms with Crippen molar-refractivity contribution in [2.75, 3.05) is 13.6 Å². The van der Waals surface area contributed by atoms with Crippen LogP contribution in [0.2, 0.25) is 0 Å². The van der Waals surface area contributed by atoms with E-state index in [2.05, 4.69) is 51.2 Å². The van der Waals surface area contributed by atoms with Crippen molar-refractivity contribution < 1.29 is 0 Å². The number of hydrogen-bond donors (Lipinski definition) is 1. The molecule has 0 aromatic carbocycles. The maximum atomic E-state index is 3.47. The van der Waals surface area contributed by atoms with Crippen LogP contribution in [0.25, 0.3) is 0 Å². The van der Waals surface area contributed by atoms with E-state index in [0.717, 1.165) is 19.4 Å². The van der Waals surface area contributed by atoms with Crippen LogP contribution in [-0.4, -0.2) is 24.7 Å². The Morgan fingerprint density at radius 1 is 1.36 bits per heavy atom. The summed E-state index contributed by atoms with van der Waals surface area (Å²) in [7, 11) is 2.18. The Kier molecular flexibility index (Phi) is 7.58. The number of hydrogen-bond acceptors (Lipinski definition) is 2. The Morgan fingerprint density at radius 2 is 2.00 bits per heavy atom. The Hall–Kier alpha value is -0.500. The van der Waals surface area contributed by atoms with Crippen LogP contribution in [0.1, 0.15) is 47.0 Å². The van der Waals surface area contributed by atoms with Crippen molar-refractivity contribution in [2.24, 2.45) is 0 Å². The first-order valence-corrected chi connectivity index (χ1v) is 5.77. The lowest BCUT2D eigenvalue weighted by Crippen LogP contribution is -2.41. The summed E-state index contributed by atoms with van der Waals surface area (Å²) >= 11 is 0. The molecule has 0 spiro atoms. The van der Waals surface area contributed by atoms with Crippen LogP contribution in [0.4, 0.5) is 0 Å². The number of rotatable bonds is 7. The van der Waals surface area contributed by atoms with Gasteiger partial charge in [-0.3, -0.25) is 4.90 Å². The van der Waals surface area contributed by atoms with Crippen molar-refractivity contribution in [1.82, 2.24) is 10.2 Å². The van der Waals surface area contributed by atoms with Gasteiger partial charge in [0.15, 0.2) is 0 Å². The Labute approximate surface area is 89.4 Å². The molecule has 0 aromatic heterocycles. The average molecular weight is 198 g/mol. The maximum Gasteiger partial charge on any atom is 0.0783 e. The van der Waals surface area contributed by atoms with Crippen molar-refractivity contribution in [3.63, 3.8) is 0 Å². The van der Waals surface area contributed by atoms with E-state index < -0.39 is 0 Å². The topological polar surface area (TPSA) is 15.3 Å². The SMILES string of the molecule is CCCN(C)C(CC)N/C=C(\C)CC. The van der Waals surface area contributed by atoms with Crippen LogP contribution in [0.15, 0.2) is 11.8 Å². The molecule has 0 bridgehead atoms. The van der Waals surface area contributed by atoms with E-state index in [4.69, 9.17) is 0 Å². The zero-order valence-electron chi connectivity index (χ0n) is 10.4. The first-order chi connectivity index (χ1) is 6.65. The van der Waals surface area contributed by atoms with Gasteiger partial charge in [-0.15, -0.1) is 0 Å². The van der Waals surface area contributed by atoms with Crippen LogP contribution in [-0.2, 0) is 0 Å². The van der Waals surface area contributed by atoms with E-state index in [-0.39, 0.29) is 0 Å². The number of nitrogens with one attached hydrogen (secondary N) is 1. The van der Waals surface area contributed by atoms with E-state index in [0.29, 0.717) is 6.17 Å². The standard InChI is InChI=1S/C12H26N2/c1-6-9-14(5)12(8-3)13-10-11(4)7-2/h10,12-13H,6-9H2,1-5H3/b11-10+. The van der Waals surface area contributed by atoms with Gasteiger partial charge in [0.05, 0.1) is 6.17 Å². The molecule has 84 valence electrons. The van der Waals surface area contributed by atoms with E-state index in [9.17, 15) is 0 Å². The quantitative estimate of drug-likeness (QED) is 0.633. The van der Waals surface area contributed by atoms with Crippen LogP contribution in [0, 0.1) is 0 Å². The fraction of sp³-hybridized carbons (Fsp3) is 0.833. The lowest BCUT2D eigenvalue weighted by Gasteiger charge is -2.27. The van der Waals surface area contributed by atoms with Gasteiger partial charge in [0, 0.05) is 0 Å². The highest BCUT2D eigenvalue weighted by Gasteiger charge is 2.08. The second-order valence-electron chi connectivity index (χ2n) is 3.92. The molecule has 1 N–H and O–H groups in total. The first-order valence-electron chi connectivity index (χ1n) is 5.77. The molecule has 0 saturated carbocycles. The summed E-state index contributed by atoms with van der Waals surface area (Å²) < 4.78 is 0. The molecule has 2 heteroatoms. The fourth-order valence-electron chi connectivity index (χ4n) is 1.41. The molecule has 1 unspecified atom stereocenters. The normalized spacial score (nSPS) is 14.6. The lowest BCUT2D eigenvalue weighted by atomic mass is 10.2. The summed E-state index contributed by atoms with van der Waals surface area (Å²) in [6.45, 7) is 9.95. The van der Waals surface area contributed by atoms with Gasteiger partial charge in [-0.1, -0.05) is 26.3 Å². The average Bonchev–Trinajstić information content (AvgIpc) is 2.18. The van der Waals surface area contributed by atoms with Gasteiger partial charge >= 0.3 is 0 Å². The smallest absolute Gasteiger partial charge is 0.0783 e. The second kappa shape index (κ2) is 7.86. The van der Waals surface area contributed by atoms with Gasteiger partial charge in [-0.2, -0.15) is 0 Å². The molecular formula is C12H26N2. The monoisotopic (exact) mass is 198 g/mol. The minimum Gasteiger partial charge on any atom is -0.376 e. The molecule has 2 nitrogen and oxygen atoms in total. The van der Waals surface area contributed by atoms with Gasteiger partial charge in [-0.05, 0) is 46.0 Å². The van der Waals surface area contributed by atoms with E-state index >= 15 is 0 Å². The minimum atomic E-state index is 0.483. The zero-order chi connectivity index (χ0) is 11.0. The summed E-state index contributed by atoms with van der Waals surface area (Å²) in [5.41, 5.74) is 1.41. The molecule has 0 amide bonds. The summed E-state index contributed by atoms with van der Waals surface area (Å²) in [6, 6.07) is 0. The van der Waals surface area contributed by atoms with Crippen molar-refractivity contribution in [3.05, 3.63) is 11.8 Å². The molecule has 0 fully saturated rings. The summed E-state index contributed by atoms with van der Waals surface area (Å²) in [4.78, 5) is 2.37. The predicted molar refractivity (Wildman–Crippen MR) is 64.2 cm³/mol. The third-order valence-corrected chi connectivity index (χ3v) is 2.57. The minimum absolute atomic E-state index is 0.483. The van der Waals surface area contributed by atoms with Crippen LogP contribution in [0.3, 0.4) is 0 Å². The molecule has 0 aromatic rings. The van der Waals surface area contributed by atoms with Crippen molar-refractivity contribution in [2.45, 2.75) is 53.1 Å². The van der Waals surface area contributed by atoms with Crippen LogP contribution < -0.4 is 5.32 Å². The molecule has 14 heavy (non-hydrogen) atoms. The number of nitrogens with zero attached hydrogens (tertiary/aromatic N) is 1. The first kappa shape index (κ1) is 13.5. The fourth-order valence-corrected chi connectivity index (χ4v) is 1.41. The van der Waals surface area contributed by atoms with E-state index in [1.54, 1.807) is 0 Å². The Morgan fingerprint density at radius 3 is 2.43 bits per heavy atom. The Bertz CT molecular complexity index is 164. The van der Waals surface area contributed by atoms with E-state index in [1.165, 1.54) is 12.0 Å². The van der Waals surface area contributed by atoms with Gasteiger partial charge in [0.2, 0.25) is 0 Å². The lowest BCUT2D eigenvalue weighted by molar-refractivity contribution is 0.214. The molecular weight excluding hydrogens is 172 g/mol.